The predicted molar refractivity (Wildman–Crippen MR) is 96.2 cm³/mol. The molecular weight excluding hydrogens is 357 g/mol. The number of hydrogen-bond acceptors (Lipinski definition) is 4. The van der Waals surface area contributed by atoms with E-state index in [0.29, 0.717) is 22.3 Å². The van der Waals surface area contributed by atoms with Crippen LogP contribution < -0.4 is 0 Å². The maximum absolute atomic E-state index is 13.1. The summed E-state index contributed by atoms with van der Waals surface area (Å²) in [6.45, 7) is 3.93. The van der Waals surface area contributed by atoms with Gasteiger partial charge in [-0.25, -0.2) is 4.39 Å². The third-order valence-corrected chi connectivity index (χ3v) is 4.10. The summed E-state index contributed by atoms with van der Waals surface area (Å²) in [4.78, 5) is 18.7. The van der Waals surface area contributed by atoms with Crippen LogP contribution in [0.2, 0.25) is 5.02 Å². The van der Waals surface area contributed by atoms with E-state index in [2.05, 4.69) is 10.1 Å². The molecule has 0 unspecified atom stereocenters. The van der Waals surface area contributed by atoms with Crippen LogP contribution in [0, 0.1) is 5.82 Å². The molecule has 0 aliphatic rings. The van der Waals surface area contributed by atoms with Gasteiger partial charge in [0.05, 0.1) is 0 Å². The van der Waals surface area contributed by atoms with E-state index >= 15 is 0 Å². The minimum Gasteiger partial charge on any atom is -0.337 e. The van der Waals surface area contributed by atoms with E-state index in [1.54, 1.807) is 29.2 Å². The average Bonchev–Trinajstić information content (AvgIpc) is 3.09. The second-order valence-electron chi connectivity index (χ2n) is 6.05. The molecule has 0 radical (unpaired) electrons. The molecule has 0 fully saturated rings. The monoisotopic (exact) mass is 373 g/mol. The van der Waals surface area contributed by atoms with Crippen molar-refractivity contribution in [2.45, 2.75) is 26.4 Å². The van der Waals surface area contributed by atoms with Crippen LogP contribution in [0.3, 0.4) is 0 Å². The lowest BCUT2D eigenvalue weighted by Crippen LogP contribution is -2.36. The molecule has 0 bridgehead atoms. The Hall–Kier alpha value is -2.73. The van der Waals surface area contributed by atoms with Gasteiger partial charge < -0.3 is 9.42 Å². The van der Waals surface area contributed by atoms with Gasteiger partial charge in [-0.05, 0) is 62.4 Å². The predicted octanol–water partition coefficient (Wildman–Crippen LogP) is 4.58. The Labute approximate surface area is 155 Å². The first-order valence-corrected chi connectivity index (χ1v) is 8.47. The molecule has 2 aromatic carbocycles. The van der Waals surface area contributed by atoms with Crippen molar-refractivity contribution in [1.82, 2.24) is 15.0 Å². The zero-order valence-electron chi connectivity index (χ0n) is 14.3. The number of rotatable bonds is 5. The van der Waals surface area contributed by atoms with Gasteiger partial charge in [0.25, 0.3) is 5.91 Å². The van der Waals surface area contributed by atoms with E-state index in [4.69, 9.17) is 16.1 Å². The van der Waals surface area contributed by atoms with E-state index in [1.807, 2.05) is 13.8 Å². The summed E-state index contributed by atoms with van der Waals surface area (Å²) in [5.41, 5.74) is 1.17. The quantitative estimate of drug-likeness (QED) is 0.656. The Kier molecular flexibility index (Phi) is 5.32. The van der Waals surface area contributed by atoms with Gasteiger partial charge in [0.15, 0.2) is 0 Å². The molecule has 0 spiro atoms. The molecule has 3 rings (SSSR count). The standard InChI is InChI=1S/C19H17ClFN3O2/c1-12(2)24(19(25)14-5-9-16(21)10-6-14)11-17-22-18(23-26-17)13-3-7-15(20)8-4-13/h3-10,12H,11H2,1-2H3. The number of hydrogen-bond donors (Lipinski definition) is 0. The molecule has 1 amide bonds. The minimum atomic E-state index is -0.387. The summed E-state index contributed by atoms with van der Waals surface area (Å²) in [5, 5.41) is 4.57. The Morgan fingerprint density at radius 2 is 1.81 bits per heavy atom. The highest BCUT2D eigenvalue weighted by molar-refractivity contribution is 6.30. The van der Waals surface area contributed by atoms with Gasteiger partial charge in [0.2, 0.25) is 11.7 Å². The van der Waals surface area contributed by atoms with Crippen molar-refractivity contribution >= 4 is 17.5 Å². The van der Waals surface area contributed by atoms with Crippen LogP contribution in [0.4, 0.5) is 4.39 Å². The normalized spacial score (nSPS) is 11.0. The fraction of sp³-hybridized carbons (Fsp3) is 0.211. The zero-order chi connectivity index (χ0) is 18.7. The molecule has 134 valence electrons. The molecule has 26 heavy (non-hydrogen) atoms. The van der Waals surface area contributed by atoms with Crippen molar-refractivity contribution < 1.29 is 13.7 Å². The molecule has 1 aromatic heterocycles. The number of carbonyl (C=O) groups excluding carboxylic acids is 1. The van der Waals surface area contributed by atoms with E-state index in [9.17, 15) is 9.18 Å². The summed E-state index contributed by atoms with van der Waals surface area (Å²) in [7, 11) is 0. The largest absolute Gasteiger partial charge is 0.337 e. The molecule has 0 N–H and O–H groups in total. The highest BCUT2D eigenvalue weighted by Gasteiger charge is 2.22. The SMILES string of the molecule is CC(C)N(Cc1nc(-c2ccc(Cl)cc2)no1)C(=O)c1ccc(F)cc1. The first-order valence-electron chi connectivity index (χ1n) is 8.09. The van der Waals surface area contributed by atoms with Crippen LogP contribution in [0.25, 0.3) is 11.4 Å². The van der Waals surface area contributed by atoms with Gasteiger partial charge >= 0.3 is 0 Å². The first-order chi connectivity index (χ1) is 12.4. The molecule has 0 aliphatic heterocycles. The highest BCUT2D eigenvalue weighted by Crippen LogP contribution is 2.20. The smallest absolute Gasteiger partial charge is 0.254 e. The van der Waals surface area contributed by atoms with Crippen LogP contribution in [0.15, 0.2) is 53.1 Å². The van der Waals surface area contributed by atoms with Crippen molar-refractivity contribution in [1.29, 1.82) is 0 Å². The fourth-order valence-electron chi connectivity index (χ4n) is 2.43. The van der Waals surface area contributed by atoms with Crippen molar-refractivity contribution in [3.8, 4) is 11.4 Å². The number of amides is 1. The lowest BCUT2D eigenvalue weighted by molar-refractivity contribution is 0.0667. The van der Waals surface area contributed by atoms with Gasteiger partial charge in [0, 0.05) is 22.2 Å². The van der Waals surface area contributed by atoms with Crippen molar-refractivity contribution in [2.75, 3.05) is 0 Å². The lowest BCUT2D eigenvalue weighted by Gasteiger charge is -2.25. The molecule has 7 heteroatoms. The van der Waals surface area contributed by atoms with Gasteiger partial charge in [-0.3, -0.25) is 4.79 Å². The lowest BCUT2D eigenvalue weighted by atomic mass is 10.1. The molecule has 0 aliphatic carbocycles. The van der Waals surface area contributed by atoms with Crippen molar-refractivity contribution in [3.63, 3.8) is 0 Å². The number of benzene rings is 2. The maximum Gasteiger partial charge on any atom is 0.254 e. The Balaban J connectivity index is 1.79. The minimum absolute atomic E-state index is 0.0987. The molecule has 0 saturated heterocycles. The number of carbonyl (C=O) groups is 1. The zero-order valence-corrected chi connectivity index (χ0v) is 15.1. The topological polar surface area (TPSA) is 59.2 Å². The van der Waals surface area contributed by atoms with Crippen molar-refractivity contribution in [3.05, 3.63) is 70.8 Å². The first kappa shape index (κ1) is 18.1. The number of nitrogens with zero attached hydrogens (tertiary/aromatic N) is 3. The molecule has 5 nitrogen and oxygen atoms in total. The molecule has 3 aromatic rings. The van der Waals surface area contributed by atoms with Crippen LogP contribution in [0.1, 0.15) is 30.1 Å². The molecule has 0 saturated carbocycles. The fourth-order valence-corrected chi connectivity index (χ4v) is 2.55. The summed E-state index contributed by atoms with van der Waals surface area (Å²) in [6, 6.07) is 12.4. The van der Waals surface area contributed by atoms with Crippen LogP contribution in [-0.4, -0.2) is 27.0 Å². The van der Waals surface area contributed by atoms with E-state index < -0.39 is 0 Å². The summed E-state index contributed by atoms with van der Waals surface area (Å²) in [5.74, 6) is 0.127. The van der Waals surface area contributed by atoms with Gasteiger partial charge in [-0.2, -0.15) is 4.98 Å². The van der Waals surface area contributed by atoms with E-state index in [0.717, 1.165) is 5.56 Å². The Morgan fingerprint density at radius 1 is 1.15 bits per heavy atom. The van der Waals surface area contributed by atoms with Gasteiger partial charge in [-0.15, -0.1) is 0 Å². The second-order valence-corrected chi connectivity index (χ2v) is 6.49. The molecule has 1 heterocycles. The van der Waals surface area contributed by atoms with Gasteiger partial charge in [0.1, 0.15) is 12.4 Å². The second kappa shape index (κ2) is 7.66. The molecular formula is C19H17ClFN3O2. The van der Waals surface area contributed by atoms with Crippen LogP contribution >= 0.6 is 11.6 Å². The van der Waals surface area contributed by atoms with E-state index in [1.165, 1.54) is 24.3 Å². The van der Waals surface area contributed by atoms with Crippen LogP contribution in [0.5, 0.6) is 0 Å². The van der Waals surface area contributed by atoms with Gasteiger partial charge in [-0.1, -0.05) is 16.8 Å². The number of halogens is 2. The summed E-state index contributed by atoms with van der Waals surface area (Å²) in [6.07, 6.45) is 0. The third-order valence-electron chi connectivity index (χ3n) is 3.85. The molecule has 0 atom stereocenters. The Bertz CT molecular complexity index is 892. The third kappa shape index (κ3) is 4.08. The Morgan fingerprint density at radius 3 is 2.42 bits per heavy atom. The average molecular weight is 374 g/mol. The maximum atomic E-state index is 13.1. The van der Waals surface area contributed by atoms with Crippen LogP contribution in [-0.2, 0) is 6.54 Å². The summed E-state index contributed by atoms with van der Waals surface area (Å²) < 4.78 is 18.4. The summed E-state index contributed by atoms with van der Waals surface area (Å²) >= 11 is 5.88. The number of aromatic nitrogens is 2. The van der Waals surface area contributed by atoms with E-state index in [-0.39, 0.29) is 24.3 Å². The van der Waals surface area contributed by atoms with Crippen molar-refractivity contribution in [2.24, 2.45) is 0 Å². The highest BCUT2D eigenvalue weighted by atomic mass is 35.5.